The van der Waals surface area contributed by atoms with Gasteiger partial charge in [-0.05, 0) is 39.3 Å². The average Bonchev–Trinajstić information content (AvgIpc) is 2.56. The van der Waals surface area contributed by atoms with E-state index in [9.17, 15) is 5.26 Å². The zero-order valence-corrected chi connectivity index (χ0v) is 13.0. The van der Waals surface area contributed by atoms with Gasteiger partial charge in [-0.15, -0.1) is 0 Å². The summed E-state index contributed by atoms with van der Waals surface area (Å²) in [6.45, 7) is 9.53. The normalized spacial score (nSPS) is 23.7. The van der Waals surface area contributed by atoms with Gasteiger partial charge >= 0.3 is 7.12 Å². The van der Waals surface area contributed by atoms with E-state index in [2.05, 4.69) is 12.1 Å². The Morgan fingerprint density at radius 1 is 1.14 bits per heavy atom. The van der Waals surface area contributed by atoms with Crippen LogP contribution >= 0.6 is 0 Å². The van der Waals surface area contributed by atoms with Crippen LogP contribution in [0.15, 0.2) is 18.2 Å². The highest BCUT2D eigenvalue weighted by Crippen LogP contribution is 2.37. The molecule has 1 aromatic carbocycles. The molecule has 0 bridgehead atoms. The Morgan fingerprint density at radius 2 is 1.76 bits per heavy atom. The second-order valence-electron chi connectivity index (χ2n) is 6.78. The Balaban J connectivity index is 1.91. The van der Waals surface area contributed by atoms with Crippen LogP contribution in [0.4, 0.5) is 0 Å². The van der Waals surface area contributed by atoms with E-state index >= 15 is 0 Å². The summed E-state index contributed by atoms with van der Waals surface area (Å²) >= 11 is 0. The van der Waals surface area contributed by atoms with Crippen molar-refractivity contribution in [1.29, 1.82) is 5.26 Å². The first-order valence-electron chi connectivity index (χ1n) is 7.31. The van der Waals surface area contributed by atoms with Crippen molar-refractivity contribution >= 4 is 12.6 Å². The molecule has 0 atom stereocenters. The minimum atomic E-state index is -0.489. The molecule has 0 unspecified atom stereocenters. The summed E-state index contributed by atoms with van der Waals surface area (Å²) in [7, 11) is -0.489. The third kappa shape index (κ3) is 2.38. The number of nitriles is 1. The molecule has 0 saturated carbocycles. The molecule has 1 aromatic rings. The molecule has 2 heterocycles. The van der Waals surface area contributed by atoms with Gasteiger partial charge in [0, 0.05) is 11.4 Å². The lowest BCUT2D eigenvalue weighted by Gasteiger charge is -2.32. The zero-order valence-electron chi connectivity index (χ0n) is 13.0. The topological polar surface area (TPSA) is 51.5 Å². The largest absolute Gasteiger partial charge is 0.496 e. The Kier molecular flexibility index (Phi) is 3.36. The molecule has 0 aliphatic carbocycles. The smallest absolute Gasteiger partial charge is 0.399 e. The summed E-state index contributed by atoms with van der Waals surface area (Å²) < 4.78 is 17.3. The summed E-state index contributed by atoms with van der Waals surface area (Å²) in [6, 6.07) is 8.21. The molecule has 0 N–H and O–H groups in total. The van der Waals surface area contributed by atoms with Crippen LogP contribution in [0.3, 0.4) is 0 Å². The number of hydrogen-bond acceptors (Lipinski definition) is 4. The highest BCUT2D eigenvalue weighted by molar-refractivity contribution is 6.62. The van der Waals surface area contributed by atoms with Gasteiger partial charge in [-0.25, -0.2) is 0 Å². The summed E-state index contributed by atoms with van der Waals surface area (Å²) in [6.07, 6.45) is 0. The van der Waals surface area contributed by atoms with Crippen molar-refractivity contribution in [3.63, 3.8) is 0 Å². The number of rotatable bonds is 2. The minimum absolute atomic E-state index is 0.398. The second-order valence-corrected chi connectivity index (χ2v) is 6.78. The van der Waals surface area contributed by atoms with E-state index in [1.807, 2.05) is 39.8 Å². The van der Waals surface area contributed by atoms with E-state index in [0.717, 1.165) is 24.2 Å². The molecule has 21 heavy (non-hydrogen) atoms. The molecule has 0 spiro atoms. The molecular formula is C16H20BNO3. The number of benzene rings is 1. The van der Waals surface area contributed by atoms with Crippen LogP contribution in [0.2, 0.25) is 0 Å². The van der Waals surface area contributed by atoms with Crippen molar-refractivity contribution in [1.82, 2.24) is 0 Å². The SMILES string of the molecule is CC1(C)OB(c2ccc(C3COC3)cc2C#N)OC1(C)C. The summed E-state index contributed by atoms with van der Waals surface area (Å²) in [5, 5.41) is 9.44. The maximum absolute atomic E-state index is 9.44. The molecule has 2 saturated heterocycles. The lowest BCUT2D eigenvalue weighted by Crippen LogP contribution is -2.41. The Bertz CT molecular complexity index is 586. The van der Waals surface area contributed by atoms with Crippen LogP contribution < -0.4 is 5.46 Å². The van der Waals surface area contributed by atoms with Crippen LogP contribution in [0, 0.1) is 11.3 Å². The first kappa shape index (κ1) is 14.6. The van der Waals surface area contributed by atoms with E-state index in [4.69, 9.17) is 14.0 Å². The molecular weight excluding hydrogens is 265 g/mol. The predicted octanol–water partition coefficient (Wildman–Crippen LogP) is 1.97. The third-order valence-electron chi connectivity index (χ3n) is 4.81. The van der Waals surface area contributed by atoms with Gasteiger partial charge in [-0.2, -0.15) is 5.26 Å². The van der Waals surface area contributed by atoms with E-state index in [0.29, 0.717) is 11.5 Å². The minimum Gasteiger partial charge on any atom is -0.399 e. The third-order valence-corrected chi connectivity index (χ3v) is 4.81. The summed E-state index contributed by atoms with van der Waals surface area (Å²) in [5.74, 6) is 0.407. The zero-order chi connectivity index (χ0) is 15.3. The van der Waals surface area contributed by atoms with Gasteiger partial charge in [0.05, 0.1) is 36.0 Å². The number of hydrogen-bond donors (Lipinski definition) is 0. The molecule has 110 valence electrons. The molecule has 2 aliphatic rings. The van der Waals surface area contributed by atoms with Crippen molar-refractivity contribution in [3.05, 3.63) is 29.3 Å². The number of nitrogens with zero attached hydrogens (tertiary/aromatic N) is 1. The van der Waals surface area contributed by atoms with Crippen LogP contribution in [0.5, 0.6) is 0 Å². The van der Waals surface area contributed by atoms with E-state index in [-0.39, 0.29) is 0 Å². The van der Waals surface area contributed by atoms with Crippen molar-refractivity contribution in [2.75, 3.05) is 13.2 Å². The van der Waals surface area contributed by atoms with Crippen molar-refractivity contribution in [2.45, 2.75) is 44.8 Å². The van der Waals surface area contributed by atoms with E-state index in [1.165, 1.54) is 0 Å². The van der Waals surface area contributed by atoms with Gasteiger partial charge in [0.2, 0.25) is 0 Å². The molecule has 2 fully saturated rings. The van der Waals surface area contributed by atoms with Gasteiger partial charge in [0.1, 0.15) is 0 Å². The van der Waals surface area contributed by atoms with Gasteiger partial charge in [-0.3, -0.25) is 0 Å². The second kappa shape index (κ2) is 4.84. The standard InChI is InChI=1S/C16H20BNO3/c1-15(2)16(3,4)21-17(20-15)14-6-5-11(7-12(14)8-18)13-9-19-10-13/h5-7,13H,9-10H2,1-4H3. The lowest BCUT2D eigenvalue weighted by atomic mass is 9.75. The Labute approximate surface area is 126 Å². The van der Waals surface area contributed by atoms with Crippen LogP contribution in [0.1, 0.15) is 44.7 Å². The molecule has 0 aromatic heterocycles. The number of ether oxygens (including phenoxy) is 1. The van der Waals surface area contributed by atoms with Crippen LogP contribution in [0.25, 0.3) is 0 Å². The van der Waals surface area contributed by atoms with E-state index in [1.54, 1.807) is 0 Å². The van der Waals surface area contributed by atoms with Crippen molar-refractivity contribution < 1.29 is 14.0 Å². The Morgan fingerprint density at radius 3 is 2.24 bits per heavy atom. The summed E-state index contributed by atoms with van der Waals surface area (Å²) in [5.41, 5.74) is 1.78. The van der Waals surface area contributed by atoms with Gasteiger partial charge in [0.25, 0.3) is 0 Å². The monoisotopic (exact) mass is 285 g/mol. The van der Waals surface area contributed by atoms with Crippen LogP contribution in [-0.4, -0.2) is 31.5 Å². The molecule has 4 nitrogen and oxygen atoms in total. The van der Waals surface area contributed by atoms with Gasteiger partial charge < -0.3 is 14.0 Å². The van der Waals surface area contributed by atoms with Crippen LogP contribution in [-0.2, 0) is 14.0 Å². The Hall–Kier alpha value is -1.35. The predicted molar refractivity (Wildman–Crippen MR) is 80.4 cm³/mol. The maximum Gasteiger partial charge on any atom is 0.496 e. The van der Waals surface area contributed by atoms with Gasteiger partial charge in [0.15, 0.2) is 0 Å². The lowest BCUT2D eigenvalue weighted by molar-refractivity contribution is 0.00578. The molecule has 0 amide bonds. The first-order valence-corrected chi connectivity index (χ1v) is 7.31. The highest BCUT2D eigenvalue weighted by atomic mass is 16.7. The maximum atomic E-state index is 9.44. The fourth-order valence-corrected chi connectivity index (χ4v) is 2.53. The highest BCUT2D eigenvalue weighted by Gasteiger charge is 2.52. The molecule has 2 aliphatic heterocycles. The molecule has 5 heteroatoms. The molecule has 3 rings (SSSR count). The fraction of sp³-hybridized carbons (Fsp3) is 0.562. The quantitative estimate of drug-likeness (QED) is 0.780. The van der Waals surface area contributed by atoms with Gasteiger partial charge in [-0.1, -0.05) is 12.1 Å². The molecule has 0 radical (unpaired) electrons. The van der Waals surface area contributed by atoms with E-state index < -0.39 is 18.3 Å². The fourth-order valence-electron chi connectivity index (χ4n) is 2.53. The first-order chi connectivity index (χ1) is 9.84. The van der Waals surface area contributed by atoms with Crippen molar-refractivity contribution in [2.24, 2.45) is 0 Å². The average molecular weight is 285 g/mol. The van der Waals surface area contributed by atoms with Crippen molar-refractivity contribution in [3.8, 4) is 6.07 Å². The summed E-state index contributed by atoms with van der Waals surface area (Å²) in [4.78, 5) is 0.